The van der Waals surface area contributed by atoms with Crippen LogP contribution >= 0.6 is 0 Å². The molecule has 0 aromatic heterocycles. The number of rotatable bonds is 4. The standard InChI is InChI=1S/C12H17NO2/c1-3-9-4-6-10(7-5-9)8-11(13)12(14)15-2/h4-7,11H,3,8,13H2,1-2H3. The molecule has 2 N–H and O–H groups in total. The fraction of sp³-hybridized carbons (Fsp3) is 0.417. The molecular formula is C12H17NO2. The van der Waals surface area contributed by atoms with Gasteiger partial charge in [0.25, 0.3) is 0 Å². The van der Waals surface area contributed by atoms with Gasteiger partial charge in [-0.25, -0.2) is 0 Å². The summed E-state index contributed by atoms with van der Waals surface area (Å²) in [6.07, 6.45) is 1.54. The van der Waals surface area contributed by atoms with E-state index in [0.717, 1.165) is 12.0 Å². The first-order valence-electron chi connectivity index (χ1n) is 5.08. The zero-order chi connectivity index (χ0) is 11.3. The van der Waals surface area contributed by atoms with Crippen LogP contribution in [0.5, 0.6) is 0 Å². The average molecular weight is 207 g/mol. The van der Waals surface area contributed by atoms with Gasteiger partial charge in [0.15, 0.2) is 0 Å². The Hall–Kier alpha value is -1.35. The fourth-order valence-electron chi connectivity index (χ4n) is 1.40. The first-order chi connectivity index (χ1) is 7.17. The number of benzene rings is 1. The number of nitrogens with two attached hydrogens (primary N) is 1. The van der Waals surface area contributed by atoms with Crippen molar-refractivity contribution in [2.24, 2.45) is 5.73 Å². The minimum Gasteiger partial charge on any atom is -0.468 e. The number of esters is 1. The third-order valence-corrected chi connectivity index (χ3v) is 2.39. The van der Waals surface area contributed by atoms with E-state index in [2.05, 4.69) is 23.8 Å². The summed E-state index contributed by atoms with van der Waals surface area (Å²) in [7, 11) is 1.35. The Bertz CT molecular complexity index is 319. The van der Waals surface area contributed by atoms with Crippen LogP contribution in [0.15, 0.2) is 24.3 Å². The number of carbonyl (C=O) groups excluding carboxylic acids is 1. The maximum Gasteiger partial charge on any atom is 0.322 e. The van der Waals surface area contributed by atoms with Gasteiger partial charge in [-0.3, -0.25) is 4.79 Å². The highest BCUT2D eigenvalue weighted by Crippen LogP contribution is 2.07. The zero-order valence-corrected chi connectivity index (χ0v) is 9.19. The molecular weight excluding hydrogens is 190 g/mol. The Labute approximate surface area is 90.2 Å². The summed E-state index contributed by atoms with van der Waals surface area (Å²) in [5.41, 5.74) is 8.00. The predicted molar refractivity (Wildman–Crippen MR) is 59.5 cm³/mol. The van der Waals surface area contributed by atoms with Crippen molar-refractivity contribution >= 4 is 5.97 Å². The van der Waals surface area contributed by atoms with E-state index in [4.69, 9.17) is 5.73 Å². The minimum absolute atomic E-state index is 0.366. The number of ether oxygens (including phenoxy) is 1. The molecule has 1 atom stereocenters. The van der Waals surface area contributed by atoms with Crippen LogP contribution in [0.1, 0.15) is 18.1 Å². The Balaban J connectivity index is 2.60. The second-order valence-electron chi connectivity index (χ2n) is 3.50. The van der Waals surface area contributed by atoms with E-state index in [0.29, 0.717) is 6.42 Å². The molecule has 0 radical (unpaired) electrons. The van der Waals surface area contributed by atoms with Crippen molar-refractivity contribution in [3.8, 4) is 0 Å². The molecule has 0 aliphatic carbocycles. The van der Waals surface area contributed by atoms with Crippen molar-refractivity contribution < 1.29 is 9.53 Å². The Morgan fingerprint density at radius 3 is 2.33 bits per heavy atom. The number of hydrogen-bond donors (Lipinski definition) is 1. The normalized spacial score (nSPS) is 12.2. The summed E-state index contributed by atoms with van der Waals surface area (Å²) >= 11 is 0. The lowest BCUT2D eigenvalue weighted by atomic mass is 10.0. The Morgan fingerprint density at radius 1 is 1.33 bits per heavy atom. The van der Waals surface area contributed by atoms with Crippen LogP contribution in [0.25, 0.3) is 0 Å². The minimum atomic E-state index is -0.567. The highest BCUT2D eigenvalue weighted by Gasteiger charge is 2.13. The smallest absolute Gasteiger partial charge is 0.322 e. The summed E-state index contributed by atoms with van der Waals surface area (Å²) in [6, 6.07) is 7.55. The summed E-state index contributed by atoms with van der Waals surface area (Å²) in [4.78, 5) is 11.1. The van der Waals surface area contributed by atoms with Crippen LogP contribution in [0.3, 0.4) is 0 Å². The highest BCUT2D eigenvalue weighted by atomic mass is 16.5. The molecule has 82 valence electrons. The van der Waals surface area contributed by atoms with Gasteiger partial charge >= 0.3 is 5.97 Å². The summed E-state index contributed by atoms with van der Waals surface area (Å²) in [5.74, 6) is -0.366. The molecule has 0 amide bonds. The van der Waals surface area contributed by atoms with Crippen molar-refractivity contribution in [1.29, 1.82) is 0 Å². The van der Waals surface area contributed by atoms with Gasteiger partial charge in [0.2, 0.25) is 0 Å². The molecule has 1 rings (SSSR count). The van der Waals surface area contributed by atoms with Gasteiger partial charge in [0.1, 0.15) is 6.04 Å². The largest absolute Gasteiger partial charge is 0.468 e. The zero-order valence-electron chi connectivity index (χ0n) is 9.19. The molecule has 0 saturated carbocycles. The third kappa shape index (κ3) is 3.36. The molecule has 0 fully saturated rings. The van der Waals surface area contributed by atoms with Crippen LogP contribution in [-0.2, 0) is 22.4 Å². The van der Waals surface area contributed by atoms with Crippen LogP contribution < -0.4 is 5.73 Å². The topological polar surface area (TPSA) is 52.3 Å². The summed E-state index contributed by atoms with van der Waals surface area (Å²) in [5, 5.41) is 0. The first-order valence-corrected chi connectivity index (χ1v) is 5.08. The molecule has 0 spiro atoms. The molecule has 1 unspecified atom stereocenters. The van der Waals surface area contributed by atoms with E-state index in [1.54, 1.807) is 0 Å². The van der Waals surface area contributed by atoms with E-state index < -0.39 is 6.04 Å². The van der Waals surface area contributed by atoms with E-state index in [1.807, 2.05) is 12.1 Å². The van der Waals surface area contributed by atoms with Gasteiger partial charge in [0.05, 0.1) is 7.11 Å². The third-order valence-electron chi connectivity index (χ3n) is 2.39. The van der Waals surface area contributed by atoms with E-state index >= 15 is 0 Å². The van der Waals surface area contributed by atoms with Crippen molar-refractivity contribution in [2.75, 3.05) is 7.11 Å². The highest BCUT2D eigenvalue weighted by molar-refractivity contribution is 5.75. The number of carbonyl (C=O) groups is 1. The summed E-state index contributed by atoms with van der Waals surface area (Å²) in [6.45, 7) is 2.11. The van der Waals surface area contributed by atoms with Crippen molar-refractivity contribution in [3.05, 3.63) is 35.4 Å². The van der Waals surface area contributed by atoms with Gasteiger partial charge in [-0.05, 0) is 24.0 Å². The molecule has 15 heavy (non-hydrogen) atoms. The fourth-order valence-corrected chi connectivity index (χ4v) is 1.40. The molecule has 1 aromatic rings. The molecule has 0 heterocycles. The number of hydrogen-bond acceptors (Lipinski definition) is 3. The van der Waals surface area contributed by atoms with E-state index in [1.165, 1.54) is 12.7 Å². The van der Waals surface area contributed by atoms with Gasteiger partial charge in [0, 0.05) is 0 Å². The molecule has 0 aliphatic heterocycles. The second-order valence-corrected chi connectivity index (χ2v) is 3.50. The molecule has 3 heteroatoms. The lowest BCUT2D eigenvalue weighted by Gasteiger charge is -2.09. The lowest BCUT2D eigenvalue weighted by molar-refractivity contribution is -0.142. The Kier molecular flexibility index (Phi) is 4.31. The molecule has 0 saturated heterocycles. The van der Waals surface area contributed by atoms with Crippen molar-refractivity contribution in [2.45, 2.75) is 25.8 Å². The SMILES string of the molecule is CCc1ccc(CC(N)C(=O)OC)cc1. The van der Waals surface area contributed by atoms with Crippen LogP contribution in [0, 0.1) is 0 Å². The van der Waals surface area contributed by atoms with Crippen LogP contribution in [-0.4, -0.2) is 19.1 Å². The average Bonchev–Trinajstić information content (AvgIpc) is 2.29. The molecule has 3 nitrogen and oxygen atoms in total. The summed E-state index contributed by atoms with van der Waals surface area (Å²) < 4.78 is 4.57. The van der Waals surface area contributed by atoms with Crippen molar-refractivity contribution in [1.82, 2.24) is 0 Å². The molecule has 1 aromatic carbocycles. The maximum absolute atomic E-state index is 11.1. The monoisotopic (exact) mass is 207 g/mol. The van der Waals surface area contributed by atoms with E-state index in [-0.39, 0.29) is 5.97 Å². The predicted octanol–water partition coefficient (Wildman–Crippen LogP) is 1.29. The molecule has 0 bridgehead atoms. The van der Waals surface area contributed by atoms with Gasteiger partial charge in [-0.1, -0.05) is 31.2 Å². The number of methoxy groups -OCH3 is 1. The van der Waals surface area contributed by atoms with Gasteiger partial charge in [-0.2, -0.15) is 0 Å². The quantitative estimate of drug-likeness (QED) is 0.757. The van der Waals surface area contributed by atoms with E-state index in [9.17, 15) is 4.79 Å². The van der Waals surface area contributed by atoms with Crippen LogP contribution in [0.2, 0.25) is 0 Å². The number of aryl methyl sites for hydroxylation is 1. The van der Waals surface area contributed by atoms with Gasteiger partial charge < -0.3 is 10.5 Å². The van der Waals surface area contributed by atoms with Crippen LogP contribution in [0.4, 0.5) is 0 Å². The molecule has 0 aliphatic rings. The van der Waals surface area contributed by atoms with Crippen molar-refractivity contribution in [3.63, 3.8) is 0 Å². The lowest BCUT2D eigenvalue weighted by Crippen LogP contribution is -2.33. The Morgan fingerprint density at radius 2 is 1.87 bits per heavy atom. The maximum atomic E-state index is 11.1. The first kappa shape index (κ1) is 11.7. The van der Waals surface area contributed by atoms with Gasteiger partial charge in [-0.15, -0.1) is 0 Å². The second kappa shape index (κ2) is 5.51.